The number of hydrogen-bond donors (Lipinski definition) is 2. The highest BCUT2D eigenvalue weighted by Gasteiger charge is 2.11. The number of carbonyl (C=O) groups is 1. The smallest absolute Gasteiger partial charge is 0.257 e. The van der Waals surface area contributed by atoms with Crippen molar-refractivity contribution in [1.29, 1.82) is 0 Å². The average Bonchev–Trinajstić information content (AvgIpc) is 2.38. The van der Waals surface area contributed by atoms with Crippen LogP contribution in [-0.4, -0.2) is 11.0 Å². The molecule has 3 nitrogen and oxygen atoms in total. The van der Waals surface area contributed by atoms with Gasteiger partial charge in [0.15, 0.2) is 0 Å². The predicted molar refractivity (Wildman–Crippen MR) is 81.2 cm³/mol. The van der Waals surface area contributed by atoms with Gasteiger partial charge in [-0.25, -0.2) is 0 Å². The fraction of sp³-hybridized carbons (Fsp3) is 0.188. The number of nitrogens with one attached hydrogen (secondary N) is 1. The third-order valence-corrected chi connectivity index (χ3v) is 3.31. The zero-order valence-corrected chi connectivity index (χ0v) is 12.1. The van der Waals surface area contributed by atoms with E-state index in [0.29, 0.717) is 16.3 Å². The lowest BCUT2D eigenvalue weighted by molar-refractivity contribution is 0.102. The first kappa shape index (κ1) is 14.6. The van der Waals surface area contributed by atoms with E-state index in [2.05, 4.69) is 5.32 Å². The SMILES string of the molecule is Cc1ccc(C(=O)Nc2cccc(C(C)O)c2)c(Cl)c1. The number of rotatable bonds is 3. The molecule has 0 heterocycles. The largest absolute Gasteiger partial charge is 0.389 e. The van der Waals surface area contributed by atoms with Crippen LogP contribution in [0.1, 0.15) is 34.5 Å². The maximum Gasteiger partial charge on any atom is 0.257 e. The van der Waals surface area contributed by atoms with E-state index in [1.165, 1.54) is 0 Å². The lowest BCUT2D eigenvalue weighted by atomic mass is 10.1. The van der Waals surface area contributed by atoms with Crippen LogP contribution in [0, 0.1) is 6.92 Å². The molecule has 0 aromatic heterocycles. The van der Waals surface area contributed by atoms with Crippen molar-refractivity contribution in [3.63, 3.8) is 0 Å². The van der Waals surface area contributed by atoms with Crippen LogP contribution < -0.4 is 5.32 Å². The second-order valence-corrected chi connectivity index (χ2v) is 5.15. The van der Waals surface area contributed by atoms with Crippen LogP contribution in [0.4, 0.5) is 5.69 Å². The van der Waals surface area contributed by atoms with Gasteiger partial charge in [0.1, 0.15) is 0 Å². The van der Waals surface area contributed by atoms with Gasteiger partial charge in [0.25, 0.3) is 5.91 Å². The number of aryl methyl sites for hydroxylation is 1. The minimum absolute atomic E-state index is 0.266. The van der Waals surface area contributed by atoms with Gasteiger partial charge in [0.2, 0.25) is 0 Å². The van der Waals surface area contributed by atoms with Crippen molar-refractivity contribution in [2.45, 2.75) is 20.0 Å². The summed E-state index contributed by atoms with van der Waals surface area (Å²) in [6, 6.07) is 12.4. The minimum Gasteiger partial charge on any atom is -0.389 e. The normalized spacial score (nSPS) is 12.0. The van der Waals surface area contributed by atoms with Crippen LogP contribution in [0.5, 0.6) is 0 Å². The Morgan fingerprint density at radius 1 is 1.25 bits per heavy atom. The fourth-order valence-electron chi connectivity index (χ4n) is 1.88. The van der Waals surface area contributed by atoms with Crippen LogP contribution in [0.2, 0.25) is 5.02 Å². The molecule has 1 unspecified atom stereocenters. The average molecular weight is 290 g/mol. The molecule has 0 spiro atoms. The maximum atomic E-state index is 12.2. The monoisotopic (exact) mass is 289 g/mol. The Bertz CT molecular complexity index is 638. The highest BCUT2D eigenvalue weighted by atomic mass is 35.5. The molecule has 0 aliphatic heterocycles. The van der Waals surface area contributed by atoms with Crippen LogP contribution in [0.3, 0.4) is 0 Å². The molecule has 0 aliphatic carbocycles. The summed E-state index contributed by atoms with van der Waals surface area (Å²) < 4.78 is 0. The van der Waals surface area contributed by atoms with Gasteiger partial charge < -0.3 is 10.4 Å². The topological polar surface area (TPSA) is 49.3 Å². The van der Waals surface area contributed by atoms with Crippen LogP contribution in [0.15, 0.2) is 42.5 Å². The van der Waals surface area contributed by atoms with Crippen molar-refractivity contribution in [2.75, 3.05) is 5.32 Å². The highest BCUT2D eigenvalue weighted by molar-refractivity contribution is 6.34. The molecular weight excluding hydrogens is 274 g/mol. The van der Waals surface area contributed by atoms with E-state index in [0.717, 1.165) is 11.1 Å². The van der Waals surface area contributed by atoms with E-state index in [4.69, 9.17) is 11.6 Å². The minimum atomic E-state index is -0.574. The molecule has 0 bridgehead atoms. The van der Waals surface area contributed by atoms with Crippen LogP contribution in [0.25, 0.3) is 0 Å². The Labute approximate surface area is 123 Å². The third kappa shape index (κ3) is 3.38. The van der Waals surface area contributed by atoms with Crippen molar-refractivity contribution in [1.82, 2.24) is 0 Å². The van der Waals surface area contributed by atoms with E-state index in [9.17, 15) is 9.90 Å². The molecule has 1 amide bonds. The highest BCUT2D eigenvalue weighted by Crippen LogP contribution is 2.21. The van der Waals surface area contributed by atoms with Gasteiger partial charge in [0.05, 0.1) is 16.7 Å². The molecule has 2 aromatic rings. The third-order valence-electron chi connectivity index (χ3n) is 3.00. The van der Waals surface area contributed by atoms with Gasteiger partial charge in [-0.05, 0) is 49.2 Å². The molecule has 2 rings (SSSR count). The zero-order valence-electron chi connectivity index (χ0n) is 11.4. The first-order valence-electron chi connectivity index (χ1n) is 6.33. The summed E-state index contributed by atoms with van der Waals surface area (Å²) in [6.07, 6.45) is -0.574. The number of halogens is 1. The predicted octanol–water partition coefficient (Wildman–Crippen LogP) is 3.95. The summed E-state index contributed by atoms with van der Waals surface area (Å²) in [5.74, 6) is -0.266. The summed E-state index contributed by atoms with van der Waals surface area (Å²) in [7, 11) is 0. The van der Waals surface area contributed by atoms with Gasteiger partial charge in [-0.3, -0.25) is 4.79 Å². The lowest BCUT2D eigenvalue weighted by Crippen LogP contribution is -2.12. The van der Waals surface area contributed by atoms with E-state index < -0.39 is 6.10 Å². The number of amides is 1. The van der Waals surface area contributed by atoms with Gasteiger partial charge in [-0.1, -0.05) is 29.8 Å². The number of aliphatic hydroxyl groups is 1. The van der Waals surface area contributed by atoms with E-state index >= 15 is 0 Å². The van der Waals surface area contributed by atoms with Crippen molar-refractivity contribution < 1.29 is 9.90 Å². The Balaban J connectivity index is 2.21. The second kappa shape index (κ2) is 6.07. The summed E-state index contributed by atoms with van der Waals surface area (Å²) in [5.41, 5.74) is 2.81. The van der Waals surface area contributed by atoms with Crippen molar-refractivity contribution in [3.05, 3.63) is 64.2 Å². The Hall–Kier alpha value is -1.84. The summed E-state index contributed by atoms with van der Waals surface area (Å²) in [6.45, 7) is 3.59. The molecule has 0 aliphatic rings. The van der Waals surface area contributed by atoms with Gasteiger partial charge in [-0.2, -0.15) is 0 Å². The van der Waals surface area contributed by atoms with Crippen LogP contribution >= 0.6 is 11.6 Å². The summed E-state index contributed by atoms with van der Waals surface area (Å²) in [4.78, 5) is 12.2. The first-order chi connectivity index (χ1) is 9.47. The van der Waals surface area contributed by atoms with Gasteiger partial charge in [-0.15, -0.1) is 0 Å². The quantitative estimate of drug-likeness (QED) is 0.899. The van der Waals surface area contributed by atoms with E-state index in [1.54, 1.807) is 43.3 Å². The second-order valence-electron chi connectivity index (χ2n) is 4.74. The van der Waals surface area contributed by atoms with E-state index in [1.807, 2.05) is 13.0 Å². The number of anilines is 1. The molecule has 0 saturated heterocycles. The molecule has 20 heavy (non-hydrogen) atoms. The van der Waals surface area contributed by atoms with Gasteiger partial charge in [0, 0.05) is 5.69 Å². The molecule has 2 aromatic carbocycles. The van der Waals surface area contributed by atoms with Crippen molar-refractivity contribution in [3.8, 4) is 0 Å². The number of hydrogen-bond acceptors (Lipinski definition) is 2. The summed E-state index contributed by atoms with van der Waals surface area (Å²) >= 11 is 6.07. The summed E-state index contributed by atoms with van der Waals surface area (Å²) in [5, 5.41) is 12.7. The van der Waals surface area contributed by atoms with Crippen molar-refractivity contribution >= 4 is 23.2 Å². The Kier molecular flexibility index (Phi) is 4.42. The molecular formula is C16H16ClNO2. The Morgan fingerprint density at radius 3 is 2.65 bits per heavy atom. The van der Waals surface area contributed by atoms with Crippen molar-refractivity contribution in [2.24, 2.45) is 0 Å². The van der Waals surface area contributed by atoms with Crippen LogP contribution in [-0.2, 0) is 0 Å². The maximum absolute atomic E-state index is 12.2. The van der Waals surface area contributed by atoms with Gasteiger partial charge >= 0.3 is 0 Å². The first-order valence-corrected chi connectivity index (χ1v) is 6.70. The fourth-order valence-corrected chi connectivity index (χ4v) is 2.20. The number of benzene rings is 2. The van der Waals surface area contributed by atoms with E-state index in [-0.39, 0.29) is 5.91 Å². The zero-order chi connectivity index (χ0) is 14.7. The molecule has 0 radical (unpaired) electrons. The molecule has 1 atom stereocenters. The lowest BCUT2D eigenvalue weighted by Gasteiger charge is -2.10. The standard InChI is InChI=1S/C16H16ClNO2/c1-10-6-7-14(15(17)8-10)16(20)18-13-5-3-4-12(9-13)11(2)19/h3-9,11,19H,1-2H3,(H,18,20). The molecule has 104 valence electrons. The molecule has 0 fully saturated rings. The molecule has 0 saturated carbocycles. The Morgan fingerprint density at radius 2 is 2.00 bits per heavy atom. The number of carbonyl (C=O) groups excluding carboxylic acids is 1. The number of aliphatic hydroxyl groups excluding tert-OH is 1. The molecule has 4 heteroatoms. The molecule has 2 N–H and O–H groups in total.